The third kappa shape index (κ3) is 6.38. The van der Waals surface area contributed by atoms with Crippen LogP contribution in [0, 0.1) is 0 Å². The lowest BCUT2D eigenvalue weighted by molar-refractivity contribution is 0.487. The van der Waals surface area contributed by atoms with E-state index in [1.165, 1.54) is 43.8 Å². The maximum atomic E-state index is 7.15. The summed E-state index contributed by atoms with van der Waals surface area (Å²) in [5.74, 6) is 1.65. The van der Waals surface area contributed by atoms with Gasteiger partial charge < -0.3 is 14.5 Å². The van der Waals surface area contributed by atoms with Crippen LogP contribution in [0.1, 0.15) is 0 Å². The van der Waals surface area contributed by atoms with E-state index in [4.69, 9.17) is 4.74 Å². The molecule has 0 atom stereocenters. The van der Waals surface area contributed by atoms with Gasteiger partial charge >= 0.3 is 0 Å². The van der Waals surface area contributed by atoms with Crippen molar-refractivity contribution < 1.29 is 4.74 Å². The molecule has 0 saturated carbocycles. The lowest BCUT2D eigenvalue weighted by Crippen LogP contribution is -2.13. The molecule has 0 spiro atoms. The van der Waals surface area contributed by atoms with E-state index in [1.54, 1.807) is 0 Å². The molecule has 1 aliphatic rings. The normalized spacial score (nSPS) is 11.6. The Morgan fingerprint density at radius 3 is 1.37 bits per heavy atom. The van der Waals surface area contributed by atoms with Crippen molar-refractivity contribution in [2.24, 2.45) is 0 Å². The summed E-state index contributed by atoms with van der Waals surface area (Å²) >= 11 is 0. The van der Waals surface area contributed by atoms with Crippen LogP contribution in [0.15, 0.2) is 243 Å². The van der Waals surface area contributed by atoms with E-state index in [0.29, 0.717) is 0 Å². The SMILES string of the molecule is c1ccc(-c2ccc(N(c3cc4c5c(cccc5c3)-c3c(cccc3N(c3ccc(-c5ccccc5)cc3)c3cccc5ccccc35)O4)c3cccc4ccccc34)cc2)cc1. The molecule has 11 aromatic rings. The Hall–Kier alpha value is -8.40. The number of rotatable bonds is 8. The van der Waals surface area contributed by atoms with Crippen LogP contribution in [0.3, 0.4) is 0 Å². The molecule has 0 amide bonds. The summed E-state index contributed by atoms with van der Waals surface area (Å²) in [6, 6.07) is 87.0. The molecule has 0 bridgehead atoms. The van der Waals surface area contributed by atoms with E-state index in [1.807, 2.05) is 0 Å². The third-order valence-corrected chi connectivity index (χ3v) is 12.4. The highest BCUT2D eigenvalue weighted by Crippen LogP contribution is 2.55. The van der Waals surface area contributed by atoms with Crippen molar-refractivity contribution in [1.29, 1.82) is 0 Å². The van der Waals surface area contributed by atoms with Crippen molar-refractivity contribution in [3.8, 4) is 44.9 Å². The van der Waals surface area contributed by atoms with Gasteiger partial charge in [-0.1, -0.05) is 182 Å². The number of fused-ring (bicyclic) bond motifs is 4. The maximum absolute atomic E-state index is 7.15. The molecule has 0 radical (unpaired) electrons. The highest BCUT2D eigenvalue weighted by molar-refractivity contribution is 6.11. The Morgan fingerprint density at radius 2 is 0.746 bits per heavy atom. The molecule has 1 aliphatic heterocycles. The van der Waals surface area contributed by atoms with Gasteiger partial charge in [0.05, 0.1) is 22.7 Å². The molecule has 0 N–H and O–H groups in total. The Morgan fingerprint density at radius 1 is 0.286 bits per heavy atom. The third-order valence-electron chi connectivity index (χ3n) is 12.4. The van der Waals surface area contributed by atoms with Gasteiger partial charge in [0.2, 0.25) is 0 Å². The zero-order valence-corrected chi connectivity index (χ0v) is 34.4. The van der Waals surface area contributed by atoms with Crippen LogP contribution >= 0.6 is 0 Å². The first kappa shape index (κ1) is 36.5. The maximum Gasteiger partial charge on any atom is 0.138 e. The Kier molecular flexibility index (Phi) is 8.83. The summed E-state index contributed by atoms with van der Waals surface area (Å²) in [4.78, 5) is 4.77. The van der Waals surface area contributed by atoms with Gasteiger partial charge in [-0.15, -0.1) is 0 Å². The molecule has 0 saturated heterocycles. The molecule has 3 nitrogen and oxygen atoms in total. The van der Waals surface area contributed by atoms with E-state index >= 15 is 0 Å². The molecule has 3 heteroatoms. The van der Waals surface area contributed by atoms with Gasteiger partial charge in [0, 0.05) is 39.2 Å². The van der Waals surface area contributed by atoms with Gasteiger partial charge in [0.25, 0.3) is 0 Å². The van der Waals surface area contributed by atoms with Crippen molar-refractivity contribution in [2.75, 3.05) is 9.80 Å². The highest BCUT2D eigenvalue weighted by Gasteiger charge is 2.29. The first-order valence-electron chi connectivity index (χ1n) is 21.5. The monoisotopic (exact) mass is 804 g/mol. The number of hydrogen-bond acceptors (Lipinski definition) is 3. The predicted molar refractivity (Wildman–Crippen MR) is 265 cm³/mol. The summed E-state index contributed by atoms with van der Waals surface area (Å²) in [5.41, 5.74) is 13.3. The standard InChI is InChI=1S/C60H40N2O/c1-3-15-41(16-4-1)43-31-35-48(36-32-43)61(54-27-12-21-45-19-7-9-24-51(45)54)50-39-47-23-11-26-53-59(47)58(40-50)63-57-30-14-29-56(60(53)57)62(55-28-13-22-46-20-8-10-25-52(46)55)49-37-33-44(34-38-49)42-17-5-2-6-18-42/h1-40H. The first-order valence-corrected chi connectivity index (χ1v) is 21.5. The first-order chi connectivity index (χ1) is 31.2. The van der Waals surface area contributed by atoms with Crippen molar-refractivity contribution in [2.45, 2.75) is 0 Å². The minimum Gasteiger partial charge on any atom is -0.456 e. The van der Waals surface area contributed by atoms with Crippen molar-refractivity contribution in [3.63, 3.8) is 0 Å². The van der Waals surface area contributed by atoms with Gasteiger partial charge in [0.15, 0.2) is 0 Å². The average molecular weight is 805 g/mol. The van der Waals surface area contributed by atoms with Crippen molar-refractivity contribution in [3.05, 3.63) is 243 Å². The second kappa shape index (κ2) is 15.3. The summed E-state index contributed by atoms with van der Waals surface area (Å²) in [6.07, 6.45) is 0. The number of anilines is 6. The quantitative estimate of drug-likeness (QED) is 0.152. The molecule has 0 aliphatic carbocycles. The van der Waals surface area contributed by atoms with Crippen LogP contribution in [0.5, 0.6) is 11.5 Å². The Bertz CT molecular complexity index is 3460. The average Bonchev–Trinajstić information content (AvgIpc) is 3.35. The summed E-state index contributed by atoms with van der Waals surface area (Å²) in [5, 5.41) is 6.93. The molecule has 11 aromatic carbocycles. The number of ether oxygens (including phenoxy) is 1. The molecule has 12 rings (SSSR count). The van der Waals surface area contributed by atoms with Crippen LogP contribution in [0.4, 0.5) is 34.1 Å². The van der Waals surface area contributed by atoms with E-state index in [0.717, 1.165) is 67.5 Å². The lowest BCUT2D eigenvalue weighted by atomic mass is 9.92. The van der Waals surface area contributed by atoms with E-state index in [9.17, 15) is 0 Å². The largest absolute Gasteiger partial charge is 0.456 e. The van der Waals surface area contributed by atoms with E-state index < -0.39 is 0 Å². The number of nitrogens with zero attached hydrogens (tertiary/aromatic N) is 2. The minimum atomic E-state index is 0.819. The predicted octanol–water partition coefficient (Wildman–Crippen LogP) is 17.2. The van der Waals surface area contributed by atoms with Gasteiger partial charge in [-0.2, -0.15) is 0 Å². The van der Waals surface area contributed by atoms with Gasteiger partial charge in [-0.05, 0) is 98.6 Å². The minimum absolute atomic E-state index is 0.819. The zero-order valence-electron chi connectivity index (χ0n) is 34.4. The Balaban J connectivity index is 1.03. The van der Waals surface area contributed by atoms with Crippen LogP contribution in [-0.4, -0.2) is 0 Å². The number of hydrogen-bond donors (Lipinski definition) is 0. The van der Waals surface area contributed by atoms with Crippen LogP contribution in [-0.2, 0) is 0 Å². The fourth-order valence-electron chi connectivity index (χ4n) is 9.48. The smallest absolute Gasteiger partial charge is 0.138 e. The second-order valence-corrected chi connectivity index (χ2v) is 16.1. The molecule has 1 heterocycles. The summed E-state index contributed by atoms with van der Waals surface area (Å²) in [7, 11) is 0. The highest BCUT2D eigenvalue weighted by atomic mass is 16.5. The second-order valence-electron chi connectivity index (χ2n) is 16.1. The molecule has 0 fully saturated rings. The molecule has 63 heavy (non-hydrogen) atoms. The topological polar surface area (TPSA) is 15.7 Å². The van der Waals surface area contributed by atoms with E-state index in [2.05, 4.69) is 252 Å². The fraction of sp³-hybridized carbons (Fsp3) is 0. The summed E-state index contributed by atoms with van der Waals surface area (Å²) < 4.78 is 7.15. The molecule has 0 aromatic heterocycles. The van der Waals surface area contributed by atoms with Crippen molar-refractivity contribution >= 4 is 66.4 Å². The van der Waals surface area contributed by atoms with Crippen LogP contribution < -0.4 is 14.5 Å². The van der Waals surface area contributed by atoms with Gasteiger partial charge in [0.1, 0.15) is 11.5 Å². The van der Waals surface area contributed by atoms with E-state index in [-0.39, 0.29) is 0 Å². The van der Waals surface area contributed by atoms with Crippen LogP contribution in [0.25, 0.3) is 65.7 Å². The number of benzene rings is 11. The zero-order chi connectivity index (χ0) is 41.7. The molecule has 0 unspecified atom stereocenters. The molecular weight excluding hydrogens is 765 g/mol. The molecular formula is C60H40N2O. The fourth-order valence-corrected chi connectivity index (χ4v) is 9.48. The van der Waals surface area contributed by atoms with Gasteiger partial charge in [-0.25, -0.2) is 0 Å². The van der Waals surface area contributed by atoms with Crippen molar-refractivity contribution in [1.82, 2.24) is 0 Å². The van der Waals surface area contributed by atoms with Crippen LogP contribution in [0.2, 0.25) is 0 Å². The Labute approximate surface area is 367 Å². The lowest BCUT2D eigenvalue weighted by Gasteiger charge is -2.32. The summed E-state index contributed by atoms with van der Waals surface area (Å²) in [6.45, 7) is 0. The van der Waals surface area contributed by atoms with Gasteiger partial charge in [-0.3, -0.25) is 0 Å². The molecule has 296 valence electrons.